The number of aromatic nitrogens is 1. The van der Waals surface area contributed by atoms with E-state index < -0.39 is 0 Å². The van der Waals surface area contributed by atoms with Crippen LogP contribution in [0.3, 0.4) is 0 Å². The molecule has 4 heteroatoms. The zero-order chi connectivity index (χ0) is 13.0. The molecule has 1 fully saturated rings. The van der Waals surface area contributed by atoms with Crippen LogP contribution in [0.25, 0.3) is 0 Å². The van der Waals surface area contributed by atoms with Gasteiger partial charge in [0.25, 0.3) is 0 Å². The molecule has 3 nitrogen and oxygen atoms in total. The normalized spacial score (nSPS) is 24.4. The molecule has 2 unspecified atom stereocenters. The van der Waals surface area contributed by atoms with Gasteiger partial charge in [-0.15, -0.1) is 0 Å². The standard InChI is InChI=1S/C14H21ClN2O/c1-17(9-11-5-2-3-7-13(11)18)10-12-6-4-8-16-14(12)15/h4,6,8,11,13,18H,2-3,5,7,9-10H2,1H3. The summed E-state index contributed by atoms with van der Waals surface area (Å²) in [5, 5.41) is 10.6. The van der Waals surface area contributed by atoms with E-state index >= 15 is 0 Å². The molecule has 0 aliphatic heterocycles. The van der Waals surface area contributed by atoms with Crippen molar-refractivity contribution in [3.05, 3.63) is 29.0 Å². The van der Waals surface area contributed by atoms with Crippen LogP contribution in [0.1, 0.15) is 31.2 Å². The summed E-state index contributed by atoms with van der Waals surface area (Å²) in [5.74, 6) is 0.402. The molecule has 2 atom stereocenters. The highest BCUT2D eigenvalue weighted by molar-refractivity contribution is 6.30. The number of rotatable bonds is 4. The smallest absolute Gasteiger partial charge is 0.133 e. The summed E-state index contributed by atoms with van der Waals surface area (Å²) in [4.78, 5) is 6.31. The first kappa shape index (κ1) is 13.8. The molecule has 1 N–H and O–H groups in total. The number of nitrogens with zero attached hydrogens (tertiary/aromatic N) is 2. The van der Waals surface area contributed by atoms with Crippen molar-refractivity contribution in [1.82, 2.24) is 9.88 Å². The van der Waals surface area contributed by atoms with Crippen LogP contribution in [-0.2, 0) is 6.54 Å². The molecule has 1 aromatic heterocycles. The van der Waals surface area contributed by atoms with E-state index in [2.05, 4.69) is 16.9 Å². The molecule has 18 heavy (non-hydrogen) atoms. The summed E-state index contributed by atoms with van der Waals surface area (Å²) in [6.07, 6.45) is 6.05. The Hall–Kier alpha value is -0.640. The summed E-state index contributed by atoms with van der Waals surface area (Å²) in [6.45, 7) is 1.71. The van der Waals surface area contributed by atoms with Gasteiger partial charge in [-0.2, -0.15) is 0 Å². The lowest BCUT2D eigenvalue weighted by Gasteiger charge is -2.31. The van der Waals surface area contributed by atoms with Crippen molar-refractivity contribution in [3.8, 4) is 0 Å². The number of hydrogen-bond acceptors (Lipinski definition) is 3. The van der Waals surface area contributed by atoms with Gasteiger partial charge in [0.05, 0.1) is 6.10 Å². The van der Waals surface area contributed by atoms with Crippen LogP contribution in [0, 0.1) is 5.92 Å². The van der Waals surface area contributed by atoms with Gasteiger partial charge in [0.2, 0.25) is 0 Å². The molecule has 1 saturated carbocycles. The molecular formula is C14H21ClN2O. The van der Waals surface area contributed by atoms with Crippen molar-refractivity contribution in [2.75, 3.05) is 13.6 Å². The van der Waals surface area contributed by atoms with Gasteiger partial charge >= 0.3 is 0 Å². The molecule has 0 bridgehead atoms. The Kier molecular flexibility index (Phi) is 4.98. The van der Waals surface area contributed by atoms with E-state index in [1.807, 2.05) is 12.1 Å². The van der Waals surface area contributed by atoms with Gasteiger partial charge in [0.1, 0.15) is 5.15 Å². The van der Waals surface area contributed by atoms with Crippen LogP contribution in [0.2, 0.25) is 5.15 Å². The molecule has 1 aromatic rings. The number of halogens is 1. The van der Waals surface area contributed by atoms with Crippen molar-refractivity contribution in [2.24, 2.45) is 5.92 Å². The van der Waals surface area contributed by atoms with E-state index in [1.54, 1.807) is 6.20 Å². The van der Waals surface area contributed by atoms with Crippen molar-refractivity contribution >= 4 is 11.6 Å². The summed E-state index contributed by atoms with van der Waals surface area (Å²) in [5.41, 5.74) is 1.05. The third-order valence-corrected chi connectivity index (χ3v) is 4.03. The van der Waals surface area contributed by atoms with E-state index in [1.165, 1.54) is 6.42 Å². The van der Waals surface area contributed by atoms with E-state index in [0.717, 1.165) is 37.9 Å². The van der Waals surface area contributed by atoms with E-state index in [4.69, 9.17) is 11.6 Å². The minimum Gasteiger partial charge on any atom is -0.393 e. The SMILES string of the molecule is CN(Cc1cccnc1Cl)CC1CCCCC1O. The lowest BCUT2D eigenvalue weighted by Crippen LogP contribution is -2.34. The molecule has 0 radical (unpaired) electrons. The quantitative estimate of drug-likeness (QED) is 0.853. The van der Waals surface area contributed by atoms with Crippen LogP contribution in [0.4, 0.5) is 0 Å². The minimum atomic E-state index is -0.134. The van der Waals surface area contributed by atoms with Crippen molar-refractivity contribution in [2.45, 2.75) is 38.3 Å². The number of aliphatic hydroxyl groups is 1. The fraction of sp³-hybridized carbons (Fsp3) is 0.643. The van der Waals surface area contributed by atoms with E-state index in [-0.39, 0.29) is 6.10 Å². The van der Waals surface area contributed by atoms with E-state index in [0.29, 0.717) is 11.1 Å². The van der Waals surface area contributed by atoms with Gasteiger partial charge in [-0.05, 0) is 31.9 Å². The summed E-state index contributed by atoms with van der Waals surface area (Å²) in [6, 6.07) is 3.91. The lowest BCUT2D eigenvalue weighted by molar-refractivity contribution is 0.0501. The Morgan fingerprint density at radius 1 is 1.44 bits per heavy atom. The maximum atomic E-state index is 9.97. The maximum absolute atomic E-state index is 9.97. The zero-order valence-corrected chi connectivity index (χ0v) is 11.6. The number of aliphatic hydroxyl groups excluding tert-OH is 1. The first-order valence-corrected chi connectivity index (χ1v) is 7.00. The first-order chi connectivity index (χ1) is 8.66. The molecule has 100 valence electrons. The minimum absolute atomic E-state index is 0.134. The van der Waals surface area contributed by atoms with Crippen molar-refractivity contribution in [1.29, 1.82) is 0 Å². The van der Waals surface area contributed by atoms with E-state index in [9.17, 15) is 5.11 Å². The van der Waals surface area contributed by atoms with Crippen LogP contribution in [-0.4, -0.2) is 34.7 Å². The van der Waals surface area contributed by atoms with Crippen LogP contribution < -0.4 is 0 Å². The zero-order valence-electron chi connectivity index (χ0n) is 10.8. The van der Waals surface area contributed by atoms with Gasteiger partial charge < -0.3 is 10.0 Å². The maximum Gasteiger partial charge on any atom is 0.133 e. The molecule has 1 aliphatic rings. The van der Waals surface area contributed by atoms with Crippen molar-refractivity contribution in [3.63, 3.8) is 0 Å². The predicted molar refractivity (Wildman–Crippen MR) is 73.5 cm³/mol. The molecule has 1 heterocycles. The Morgan fingerprint density at radius 3 is 2.94 bits per heavy atom. The molecule has 2 rings (SSSR count). The lowest BCUT2D eigenvalue weighted by atomic mass is 9.86. The van der Waals surface area contributed by atoms with Gasteiger partial charge in [0, 0.05) is 24.8 Å². The summed E-state index contributed by atoms with van der Waals surface area (Å²) in [7, 11) is 2.07. The van der Waals surface area contributed by atoms with Gasteiger partial charge in [-0.25, -0.2) is 4.98 Å². The Bertz CT molecular complexity index is 386. The second-order valence-electron chi connectivity index (χ2n) is 5.26. The number of hydrogen-bond donors (Lipinski definition) is 1. The van der Waals surface area contributed by atoms with Crippen LogP contribution >= 0.6 is 11.6 Å². The molecule has 0 saturated heterocycles. The van der Waals surface area contributed by atoms with Crippen molar-refractivity contribution < 1.29 is 5.11 Å². The first-order valence-electron chi connectivity index (χ1n) is 6.63. The molecule has 0 spiro atoms. The van der Waals surface area contributed by atoms with Crippen LogP contribution in [0.5, 0.6) is 0 Å². The second-order valence-corrected chi connectivity index (χ2v) is 5.62. The fourth-order valence-corrected chi connectivity index (χ4v) is 2.87. The third kappa shape index (κ3) is 3.67. The highest BCUT2D eigenvalue weighted by Gasteiger charge is 2.24. The van der Waals surface area contributed by atoms with Gasteiger partial charge in [-0.3, -0.25) is 0 Å². The Labute approximate surface area is 114 Å². The Balaban J connectivity index is 1.88. The molecular weight excluding hydrogens is 248 g/mol. The fourth-order valence-electron chi connectivity index (χ4n) is 2.69. The Morgan fingerprint density at radius 2 is 2.22 bits per heavy atom. The third-order valence-electron chi connectivity index (χ3n) is 3.69. The summed E-state index contributed by atoms with van der Waals surface area (Å²) < 4.78 is 0. The second kappa shape index (κ2) is 6.50. The summed E-state index contributed by atoms with van der Waals surface area (Å²) >= 11 is 6.05. The number of pyridine rings is 1. The topological polar surface area (TPSA) is 36.4 Å². The van der Waals surface area contributed by atoms with Crippen LogP contribution in [0.15, 0.2) is 18.3 Å². The average molecular weight is 269 g/mol. The highest BCUT2D eigenvalue weighted by atomic mass is 35.5. The largest absolute Gasteiger partial charge is 0.393 e. The average Bonchev–Trinajstić information content (AvgIpc) is 2.35. The molecule has 1 aliphatic carbocycles. The molecule has 0 amide bonds. The molecule has 0 aromatic carbocycles. The van der Waals surface area contributed by atoms with Gasteiger partial charge in [-0.1, -0.05) is 30.5 Å². The van der Waals surface area contributed by atoms with Gasteiger partial charge in [0.15, 0.2) is 0 Å². The monoisotopic (exact) mass is 268 g/mol. The predicted octanol–water partition coefficient (Wildman–Crippen LogP) is 2.72. The highest BCUT2D eigenvalue weighted by Crippen LogP contribution is 2.25.